The van der Waals surface area contributed by atoms with Crippen LogP contribution in [0.25, 0.3) is 0 Å². The molecule has 86 valence electrons. The van der Waals surface area contributed by atoms with Gasteiger partial charge in [0.15, 0.2) is 0 Å². The molecular weight excluding hydrogens is 322 g/mol. The molecule has 0 fully saturated rings. The van der Waals surface area contributed by atoms with Gasteiger partial charge in [0.05, 0.1) is 10.7 Å². The highest BCUT2D eigenvalue weighted by molar-refractivity contribution is 9.10. The topological polar surface area (TPSA) is 48.7 Å². The molecule has 2 rings (SSSR count). The number of anilines is 2. The number of benzene rings is 1. The molecule has 0 bridgehead atoms. The number of halogens is 2. The summed E-state index contributed by atoms with van der Waals surface area (Å²) < 4.78 is 4.98. The Morgan fingerprint density at radius 1 is 1.53 bits per heavy atom. The number of aromatic nitrogens is 1. The molecule has 6 heteroatoms. The molecule has 0 radical (unpaired) electrons. The van der Waals surface area contributed by atoms with Crippen molar-refractivity contribution in [3.8, 4) is 6.07 Å². The molecule has 2 aromatic rings. The Balaban J connectivity index is 2.32. The molecule has 1 aromatic carbocycles. The van der Waals surface area contributed by atoms with Gasteiger partial charge in [0.2, 0.25) is 0 Å². The van der Waals surface area contributed by atoms with E-state index in [0.717, 1.165) is 20.9 Å². The molecule has 0 saturated heterocycles. The van der Waals surface area contributed by atoms with Crippen molar-refractivity contribution in [3.05, 3.63) is 39.0 Å². The zero-order valence-corrected chi connectivity index (χ0v) is 11.9. The van der Waals surface area contributed by atoms with E-state index in [-0.39, 0.29) is 0 Å². The molecule has 0 unspecified atom stereocenters. The molecule has 0 amide bonds. The van der Waals surface area contributed by atoms with E-state index < -0.39 is 0 Å². The van der Waals surface area contributed by atoms with Crippen molar-refractivity contribution >= 4 is 49.8 Å². The summed E-state index contributed by atoms with van der Waals surface area (Å²) in [4.78, 5) is 0. The first-order chi connectivity index (χ1) is 8.11. The van der Waals surface area contributed by atoms with Gasteiger partial charge in [-0.3, -0.25) is 0 Å². The van der Waals surface area contributed by atoms with Gasteiger partial charge in [-0.15, -0.1) is 0 Å². The Morgan fingerprint density at radius 2 is 2.29 bits per heavy atom. The fourth-order valence-electron chi connectivity index (χ4n) is 1.29. The largest absolute Gasteiger partial charge is 0.345 e. The molecule has 0 atom stereocenters. The summed E-state index contributed by atoms with van der Waals surface area (Å²) in [5.74, 6) is 0. The van der Waals surface area contributed by atoms with Crippen molar-refractivity contribution in [2.24, 2.45) is 0 Å². The van der Waals surface area contributed by atoms with Crippen LogP contribution >= 0.6 is 39.1 Å². The van der Waals surface area contributed by atoms with E-state index in [0.29, 0.717) is 10.6 Å². The van der Waals surface area contributed by atoms with Crippen LogP contribution in [0.2, 0.25) is 5.02 Å². The molecule has 17 heavy (non-hydrogen) atoms. The quantitative estimate of drug-likeness (QED) is 0.884. The number of nitrogens with one attached hydrogen (secondary N) is 1. The van der Waals surface area contributed by atoms with Gasteiger partial charge < -0.3 is 5.32 Å². The fraction of sp³-hybridized carbons (Fsp3) is 0.0909. The van der Waals surface area contributed by atoms with Crippen molar-refractivity contribution in [2.75, 3.05) is 5.32 Å². The first-order valence-electron chi connectivity index (χ1n) is 4.70. The normalized spacial score (nSPS) is 10.0. The van der Waals surface area contributed by atoms with Crippen LogP contribution in [0.15, 0.2) is 22.7 Å². The molecular formula is C11H7BrClN3S. The maximum Gasteiger partial charge on any atom is 0.132 e. The minimum Gasteiger partial charge on any atom is -0.345 e. The lowest BCUT2D eigenvalue weighted by Gasteiger charge is -2.05. The van der Waals surface area contributed by atoms with E-state index in [1.54, 1.807) is 6.07 Å². The van der Waals surface area contributed by atoms with Crippen LogP contribution in [-0.2, 0) is 0 Å². The molecule has 1 N–H and O–H groups in total. The Morgan fingerprint density at radius 3 is 2.94 bits per heavy atom. The van der Waals surface area contributed by atoms with Gasteiger partial charge in [-0.2, -0.15) is 9.64 Å². The second-order valence-electron chi connectivity index (χ2n) is 3.34. The standard InChI is InChI=1S/C11H7BrClN3S/c1-6-8(5-14)11(17-16-6)15-7-2-3-9(12)10(13)4-7/h2-4,15H,1H3. The SMILES string of the molecule is Cc1nsc(Nc2ccc(Br)c(Cl)c2)c1C#N. The number of rotatable bonds is 2. The summed E-state index contributed by atoms with van der Waals surface area (Å²) in [6, 6.07) is 7.66. The predicted octanol–water partition coefficient (Wildman–Crippen LogP) is 4.48. The Labute approximate surface area is 116 Å². The maximum absolute atomic E-state index is 9.01. The first kappa shape index (κ1) is 12.4. The van der Waals surface area contributed by atoms with Crippen molar-refractivity contribution < 1.29 is 0 Å². The first-order valence-corrected chi connectivity index (χ1v) is 6.64. The molecule has 0 aliphatic rings. The summed E-state index contributed by atoms with van der Waals surface area (Å²) in [5, 5.41) is 13.5. The smallest absolute Gasteiger partial charge is 0.132 e. The zero-order chi connectivity index (χ0) is 12.4. The van der Waals surface area contributed by atoms with Gasteiger partial charge in [-0.05, 0) is 52.6 Å². The summed E-state index contributed by atoms with van der Waals surface area (Å²) >= 11 is 10.6. The predicted molar refractivity (Wildman–Crippen MR) is 74.0 cm³/mol. The summed E-state index contributed by atoms with van der Waals surface area (Å²) in [7, 11) is 0. The van der Waals surface area contributed by atoms with Gasteiger partial charge in [0.25, 0.3) is 0 Å². The van der Waals surface area contributed by atoms with E-state index in [4.69, 9.17) is 16.9 Å². The Kier molecular flexibility index (Phi) is 3.67. The van der Waals surface area contributed by atoms with E-state index >= 15 is 0 Å². The number of aryl methyl sites for hydroxylation is 1. The summed E-state index contributed by atoms with van der Waals surface area (Å²) in [6.45, 7) is 1.81. The van der Waals surface area contributed by atoms with Crippen LogP contribution < -0.4 is 5.32 Å². The van der Waals surface area contributed by atoms with Crippen LogP contribution in [0.4, 0.5) is 10.7 Å². The third kappa shape index (κ3) is 2.60. The average molecular weight is 329 g/mol. The van der Waals surface area contributed by atoms with Crippen molar-refractivity contribution in [2.45, 2.75) is 6.92 Å². The average Bonchev–Trinajstić information content (AvgIpc) is 2.64. The minimum atomic E-state index is 0.578. The van der Waals surface area contributed by atoms with Crippen LogP contribution in [0.3, 0.4) is 0 Å². The molecule has 0 aliphatic carbocycles. The molecule has 1 aromatic heterocycles. The Hall–Kier alpha value is -1.09. The maximum atomic E-state index is 9.01. The van der Waals surface area contributed by atoms with Crippen molar-refractivity contribution in [1.82, 2.24) is 4.37 Å². The minimum absolute atomic E-state index is 0.578. The lowest BCUT2D eigenvalue weighted by molar-refractivity contribution is 1.31. The molecule has 0 aliphatic heterocycles. The lowest BCUT2D eigenvalue weighted by Crippen LogP contribution is -1.90. The van der Waals surface area contributed by atoms with Gasteiger partial charge >= 0.3 is 0 Å². The van der Waals surface area contributed by atoms with Crippen LogP contribution in [-0.4, -0.2) is 4.37 Å². The zero-order valence-electron chi connectivity index (χ0n) is 8.79. The number of nitriles is 1. The van der Waals surface area contributed by atoms with Gasteiger partial charge in [0.1, 0.15) is 16.6 Å². The van der Waals surface area contributed by atoms with Gasteiger partial charge in [-0.25, -0.2) is 0 Å². The number of hydrogen-bond acceptors (Lipinski definition) is 4. The van der Waals surface area contributed by atoms with Gasteiger partial charge in [-0.1, -0.05) is 11.6 Å². The second kappa shape index (κ2) is 5.05. The molecule has 0 spiro atoms. The number of nitrogens with zero attached hydrogens (tertiary/aromatic N) is 2. The Bertz CT molecular complexity index is 603. The second-order valence-corrected chi connectivity index (χ2v) is 5.37. The highest BCUT2D eigenvalue weighted by Gasteiger charge is 2.10. The monoisotopic (exact) mass is 327 g/mol. The third-order valence-corrected chi connectivity index (χ3v) is 4.24. The third-order valence-electron chi connectivity index (χ3n) is 2.15. The summed E-state index contributed by atoms with van der Waals surface area (Å²) in [5.41, 5.74) is 2.15. The van der Waals surface area contributed by atoms with E-state index in [9.17, 15) is 0 Å². The molecule has 3 nitrogen and oxygen atoms in total. The van der Waals surface area contributed by atoms with Gasteiger partial charge in [0, 0.05) is 10.2 Å². The molecule has 1 heterocycles. The van der Waals surface area contributed by atoms with Crippen LogP contribution in [0.5, 0.6) is 0 Å². The lowest BCUT2D eigenvalue weighted by atomic mass is 10.2. The van der Waals surface area contributed by atoms with Crippen LogP contribution in [0, 0.1) is 18.3 Å². The fourth-order valence-corrected chi connectivity index (χ4v) is 2.49. The highest BCUT2D eigenvalue weighted by Crippen LogP contribution is 2.30. The van der Waals surface area contributed by atoms with E-state index in [1.165, 1.54) is 11.5 Å². The van der Waals surface area contributed by atoms with E-state index in [1.807, 2.05) is 19.1 Å². The number of hydrogen-bond donors (Lipinski definition) is 1. The summed E-state index contributed by atoms with van der Waals surface area (Å²) in [6.07, 6.45) is 0. The van der Waals surface area contributed by atoms with Crippen LogP contribution in [0.1, 0.15) is 11.3 Å². The van der Waals surface area contributed by atoms with E-state index in [2.05, 4.69) is 31.7 Å². The highest BCUT2D eigenvalue weighted by atomic mass is 79.9. The van der Waals surface area contributed by atoms with Crippen molar-refractivity contribution in [3.63, 3.8) is 0 Å². The molecule has 0 saturated carbocycles. The van der Waals surface area contributed by atoms with Crippen molar-refractivity contribution in [1.29, 1.82) is 5.26 Å².